The molecule has 1 heterocycles. The molecule has 3 rings (SSSR count). The van der Waals surface area contributed by atoms with Gasteiger partial charge in [0.15, 0.2) is 22.3 Å². The molecular formula is C21H19N2NaO9S. The van der Waals surface area contributed by atoms with Gasteiger partial charge in [-0.15, -0.1) is 0 Å². The number of amides is 2. The van der Waals surface area contributed by atoms with Crippen LogP contribution in [0.1, 0.15) is 17.0 Å². The fraction of sp³-hybridized carbons (Fsp3) is 0.238. The summed E-state index contributed by atoms with van der Waals surface area (Å²) in [7, 11) is -4.40. The number of carbonyl (C=O) groups excluding carboxylic acids is 4. The van der Waals surface area contributed by atoms with Crippen molar-refractivity contribution in [1.29, 1.82) is 0 Å². The molecule has 1 aliphatic rings. The number of hydrogen-bond acceptors (Lipinski definition) is 9. The van der Waals surface area contributed by atoms with Gasteiger partial charge in [0.25, 0.3) is 5.91 Å². The van der Waals surface area contributed by atoms with E-state index in [1.807, 2.05) is 0 Å². The Morgan fingerprint density at radius 3 is 2.15 bits per heavy atom. The predicted octanol–water partition coefficient (Wildman–Crippen LogP) is -3.15. The number of carbonyl (C=O) groups is 4. The second-order valence-electron chi connectivity index (χ2n) is 6.98. The van der Waals surface area contributed by atoms with Crippen LogP contribution in [0.5, 0.6) is 0 Å². The number of nitrogens with zero attached hydrogens (tertiary/aromatic N) is 1. The number of esters is 2. The average Bonchev–Trinajstić information content (AvgIpc) is 2.79. The van der Waals surface area contributed by atoms with Crippen LogP contribution in [0, 0.1) is 0 Å². The fourth-order valence-corrected chi connectivity index (χ4v) is 4.11. The molecule has 0 bridgehead atoms. The second kappa shape index (κ2) is 11.6. The monoisotopic (exact) mass is 498 g/mol. The molecule has 34 heavy (non-hydrogen) atoms. The molecule has 1 aliphatic heterocycles. The summed E-state index contributed by atoms with van der Waals surface area (Å²) < 4.78 is 43.5. The first-order valence-corrected chi connectivity index (χ1v) is 10.9. The Hall–Kier alpha value is -2.77. The average molecular weight is 498 g/mol. The Morgan fingerprint density at radius 1 is 1.06 bits per heavy atom. The molecule has 174 valence electrons. The van der Waals surface area contributed by atoms with Gasteiger partial charge in [-0.1, -0.05) is 60.7 Å². The van der Waals surface area contributed by atoms with Gasteiger partial charge < -0.3 is 19.3 Å². The molecule has 2 aromatic carbocycles. The summed E-state index contributed by atoms with van der Waals surface area (Å²) in [4.78, 5) is 50.0. The minimum Gasteiger partial charge on any atom is -0.731 e. The van der Waals surface area contributed by atoms with E-state index in [0.717, 1.165) is 7.11 Å². The van der Waals surface area contributed by atoms with Gasteiger partial charge in [0.1, 0.15) is 12.6 Å². The van der Waals surface area contributed by atoms with E-state index >= 15 is 0 Å². The Bertz CT molecular complexity index is 1160. The van der Waals surface area contributed by atoms with E-state index in [1.165, 1.54) is 12.1 Å². The number of β-lactam (4-membered cyclic amide) rings is 1. The van der Waals surface area contributed by atoms with Gasteiger partial charge in [0.2, 0.25) is 5.91 Å². The molecule has 2 aromatic rings. The van der Waals surface area contributed by atoms with Gasteiger partial charge in [-0.05, 0) is 11.1 Å². The minimum absolute atomic E-state index is 0. The Morgan fingerprint density at radius 2 is 1.62 bits per heavy atom. The number of methoxy groups -OCH3 is 1. The largest absolute Gasteiger partial charge is 1.00 e. The predicted molar refractivity (Wildman–Crippen MR) is 110 cm³/mol. The van der Waals surface area contributed by atoms with Crippen molar-refractivity contribution >= 4 is 34.1 Å². The third kappa shape index (κ3) is 6.02. The van der Waals surface area contributed by atoms with Crippen LogP contribution < -0.4 is 34.9 Å². The molecular weight excluding hydrogens is 479 g/mol. The summed E-state index contributed by atoms with van der Waals surface area (Å²) in [5.41, 5.74) is 0.914. The van der Waals surface area contributed by atoms with Crippen molar-refractivity contribution in [2.45, 2.75) is 24.6 Å². The van der Waals surface area contributed by atoms with E-state index in [0.29, 0.717) is 5.56 Å². The van der Waals surface area contributed by atoms with Crippen LogP contribution in [0.15, 0.2) is 60.7 Å². The summed E-state index contributed by atoms with van der Waals surface area (Å²) in [6.07, 6.45) is 0. The van der Waals surface area contributed by atoms with Crippen LogP contribution in [-0.4, -0.2) is 60.2 Å². The minimum atomic E-state index is -5.33. The molecule has 0 spiro atoms. The molecule has 2 amide bonds. The fourth-order valence-electron chi connectivity index (χ4n) is 3.29. The van der Waals surface area contributed by atoms with Crippen LogP contribution in [0.2, 0.25) is 0 Å². The maximum Gasteiger partial charge on any atom is 1.00 e. The van der Waals surface area contributed by atoms with Gasteiger partial charge >= 0.3 is 41.5 Å². The molecule has 0 radical (unpaired) electrons. The summed E-state index contributed by atoms with van der Waals surface area (Å²) in [5.74, 6) is -6.02. The number of rotatable bonds is 8. The summed E-state index contributed by atoms with van der Waals surface area (Å²) in [5, 5.41) is 2.18. The van der Waals surface area contributed by atoms with Gasteiger partial charge in [-0.25, -0.2) is 17.5 Å². The van der Waals surface area contributed by atoms with Crippen molar-refractivity contribution in [2.24, 2.45) is 0 Å². The van der Waals surface area contributed by atoms with Crippen LogP contribution in [0.4, 0.5) is 0 Å². The first-order valence-electron chi connectivity index (χ1n) is 9.58. The molecule has 1 fully saturated rings. The third-order valence-corrected chi connectivity index (χ3v) is 5.78. The van der Waals surface area contributed by atoms with Crippen LogP contribution in [-0.2, 0) is 45.6 Å². The first kappa shape index (κ1) is 27.5. The number of hydrogen-bond donors (Lipinski definition) is 1. The van der Waals surface area contributed by atoms with Gasteiger partial charge in [-0.2, -0.15) is 0 Å². The zero-order chi connectivity index (χ0) is 24.2. The van der Waals surface area contributed by atoms with E-state index in [4.69, 9.17) is 4.74 Å². The second-order valence-corrected chi connectivity index (χ2v) is 8.23. The van der Waals surface area contributed by atoms with Crippen LogP contribution >= 0.6 is 0 Å². The summed E-state index contributed by atoms with van der Waals surface area (Å²) in [6, 6.07) is 12.9. The quantitative estimate of drug-likeness (QED) is 0.130. The Labute approximate surface area is 217 Å². The summed E-state index contributed by atoms with van der Waals surface area (Å²) in [6.45, 7) is -0.119. The van der Waals surface area contributed by atoms with Crippen molar-refractivity contribution in [1.82, 2.24) is 9.62 Å². The van der Waals surface area contributed by atoms with E-state index < -0.39 is 52.1 Å². The van der Waals surface area contributed by atoms with Crippen LogP contribution in [0.3, 0.4) is 0 Å². The zero-order valence-electron chi connectivity index (χ0n) is 18.2. The SMILES string of the molecule is COC(=O)[C@H]1[C@@H](NC(=O)C(C(=O)OCc2ccccc2)c2ccccc2)C(=O)N1S(=O)(=O)[O-].[Na+]. The van der Waals surface area contributed by atoms with Crippen molar-refractivity contribution in [3.63, 3.8) is 0 Å². The van der Waals surface area contributed by atoms with Crippen LogP contribution in [0.25, 0.3) is 0 Å². The molecule has 1 unspecified atom stereocenters. The zero-order valence-corrected chi connectivity index (χ0v) is 21.1. The molecule has 11 nitrogen and oxygen atoms in total. The van der Waals surface area contributed by atoms with Crippen molar-refractivity contribution in [3.8, 4) is 0 Å². The molecule has 0 aliphatic carbocycles. The summed E-state index contributed by atoms with van der Waals surface area (Å²) >= 11 is 0. The molecule has 13 heteroatoms. The van der Waals surface area contributed by atoms with E-state index in [2.05, 4.69) is 10.1 Å². The van der Waals surface area contributed by atoms with E-state index in [9.17, 15) is 32.1 Å². The van der Waals surface area contributed by atoms with Crippen molar-refractivity contribution in [3.05, 3.63) is 71.8 Å². The first-order chi connectivity index (χ1) is 15.6. The maximum absolute atomic E-state index is 13.0. The van der Waals surface area contributed by atoms with Gasteiger partial charge in [0.05, 0.1) is 7.11 Å². The number of nitrogens with one attached hydrogen (secondary N) is 1. The van der Waals surface area contributed by atoms with E-state index in [1.54, 1.807) is 48.5 Å². The molecule has 1 N–H and O–H groups in total. The molecule has 1 saturated heterocycles. The van der Waals surface area contributed by atoms with E-state index in [-0.39, 0.29) is 46.0 Å². The maximum atomic E-state index is 13.0. The Balaban J connectivity index is 0.00000408. The number of benzene rings is 2. The smallest absolute Gasteiger partial charge is 0.731 e. The van der Waals surface area contributed by atoms with Crippen molar-refractivity contribution < 1.29 is 71.2 Å². The standard InChI is InChI=1S/C21H20N2O9S.Na/c1-31-21(27)17-16(19(25)23(17)33(28,29)30)22-18(24)15(14-10-6-3-7-11-14)20(26)32-12-13-8-4-2-5-9-13;/h2-11,15-17H,12H2,1H3,(H,22,24)(H,28,29,30);/q;+1/p-1/t15?,16-,17-;/m1./s1. The normalized spacial score (nSPS) is 18.1. The van der Waals surface area contributed by atoms with Gasteiger partial charge in [0, 0.05) is 0 Å². The molecule has 3 atom stereocenters. The topological polar surface area (TPSA) is 159 Å². The van der Waals surface area contributed by atoms with Crippen molar-refractivity contribution in [2.75, 3.05) is 7.11 Å². The number of ether oxygens (including phenoxy) is 2. The Kier molecular flexibility index (Phi) is 9.36. The van der Waals surface area contributed by atoms with Gasteiger partial charge in [-0.3, -0.25) is 14.4 Å². The third-order valence-electron chi connectivity index (χ3n) is 4.89. The molecule has 0 saturated carbocycles. The molecule has 0 aromatic heterocycles.